The van der Waals surface area contributed by atoms with Gasteiger partial charge in [-0.3, -0.25) is 0 Å². The summed E-state index contributed by atoms with van der Waals surface area (Å²) in [5, 5.41) is 0. The summed E-state index contributed by atoms with van der Waals surface area (Å²) in [7, 11) is 0. The predicted molar refractivity (Wildman–Crippen MR) is 78.3 cm³/mol. The zero-order valence-corrected chi connectivity index (χ0v) is 12.5. The van der Waals surface area contributed by atoms with Gasteiger partial charge in [-0.1, -0.05) is 20.3 Å². The van der Waals surface area contributed by atoms with Crippen molar-refractivity contribution in [1.82, 2.24) is 9.55 Å². The largest absolute Gasteiger partial charge is 0.328 e. The SMILES string of the molecule is CC1(C)CCCC(n2c(=S)[nH]c3c(F)cc(F)cc32)C1. The van der Waals surface area contributed by atoms with Crippen molar-refractivity contribution >= 4 is 23.3 Å². The molecule has 0 spiro atoms. The van der Waals surface area contributed by atoms with E-state index in [0.717, 1.165) is 25.3 Å². The molecule has 1 N–H and O–H groups in total. The van der Waals surface area contributed by atoms with E-state index in [1.54, 1.807) is 0 Å². The fourth-order valence-electron chi connectivity index (χ4n) is 3.39. The molecular formula is C15H18F2N2S. The summed E-state index contributed by atoms with van der Waals surface area (Å²) < 4.78 is 29.7. The van der Waals surface area contributed by atoms with E-state index in [9.17, 15) is 8.78 Å². The molecule has 20 heavy (non-hydrogen) atoms. The van der Waals surface area contributed by atoms with Gasteiger partial charge in [0.15, 0.2) is 10.6 Å². The van der Waals surface area contributed by atoms with Crippen LogP contribution in [0.5, 0.6) is 0 Å². The molecule has 1 unspecified atom stereocenters. The number of imidazole rings is 1. The molecule has 2 nitrogen and oxygen atoms in total. The van der Waals surface area contributed by atoms with Gasteiger partial charge in [0.1, 0.15) is 11.3 Å². The van der Waals surface area contributed by atoms with Crippen LogP contribution >= 0.6 is 12.2 Å². The van der Waals surface area contributed by atoms with E-state index < -0.39 is 11.6 Å². The normalized spacial score (nSPS) is 22.3. The monoisotopic (exact) mass is 296 g/mol. The lowest BCUT2D eigenvalue weighted by molar-refractivity contribution is 0.185. The minimum atomic E-state index is -0.583. The molecule has 1 aromatic heterocycles. The van der Waals surface area contributed by atoms with Crippen molar-refractivity contribution in [2.45, 2.75) is 45.6 Å². The van der Waals surface area contributed by atoms with Crippen molar-refractivity contribution in [3.8, 4) is 0 Å². The van der Waals surface area contributed by atoms with E-state index in [1.165, 1.54) is 12.5 Å². The van der Waals surface area contributed by atoms with Gasteiger partial charge in [-0.15, -0.1) is 0 Å². The van der Waals surface area contributed by atoms with E-state index in [1.807, 2.05) is 4.57 Å². The number of fused-ring (bicyclic) bond motifs is 1. The molecule has 0 bridgehead atoms. The van der Waals surface area contributed by atoms with Crippen LogP contribution in [-0.4, -0.2) is 9.55 Å². The molecule has 0 saturated heterocycles. The first-order valence-electron chi connectivity index (χ1n) is 6.97. The highest BCUT2D eigenvalue weighted by molar-refractivity contribution is 7.71. The molecule has 0 radical (unpaired) electrons. The van der Waals surface area contributed by atoms with Gasteiger partial charge in [0, 0.05) is 12.1 Å². The third-order valence-corrected chi connectivity index (χ3v) is 4.59. The summed E-state index contributed by atoms with van der Waals surface area (Å²) in [5.74, 6) is -1.15. The van der Waals surface area contributed by atoms with E-state index in [2.05, 4.69) is 18.8 Å². The number of rotatable bonds is 1. The van der Waals surface area contributed by atoms with Crippen molar-refractivity contribution in [2.75, 3.05) is 0 Å². The van der Waals surface area contributed by atoms with Crippen LogP contribution in [0.3, 0.4) is 0 Å². The Labute approximate surface area is 121 Å². The van der Waals surface area contributed by atoms with Gasteiger partial charge in [0.2, 0.25) is 0 Å². The summed E-state index contributed by atoms with van der Waals surface area (Å²) in [5.41, 5.74) is 1.09. The fourth-order valence-corrected chi connectivity index (χ4v) is 3.74. The zero-order chi connectivity index (χ0) is 14.5. The van der Waals surface area contributed by atoms with E-state index in [0.29, 0.717) is 15.8 Å². The Morgan fingerprint density at radius 2 is 2.10 bits per heavy atom. The molecule has 2 aromatic rings. The number of nitrogens with one attached hydrogen (secondary N) is 1. The van der Waals surface area contributed by atoms with Crippen molar-refractivity contribution in [1.29, 1.82) is 0 Å². The third-order valence-electron chi connectivity index (χ3n) is 4.29. The summed E-state index contributed by atoms with van der Waals surface area (Å²) in [6.07, 6.45) is 4.28. The molecule has 5 heteroatoms. The van der Waals surface area contributed by atoms with E-state index in [-0.39, 0.29) is 11.5 Å². The molecule has 0 amide bonds. The number of benzene rings is 1. The van der Waals surface area contributed by atoms with Gasteiger partial charge in [-0.2, -0.15) is 0 Å². The molecule has 3 rings (SSSR count). The number of hydrogen-bond donors (Lipinski definition) is 1. The second-order valence-corrected chi connectivity index (χ2v) is 6.88. The first-order chi connectivity index (χ1) is 9.37. The van der Waals surface area contributed by atoms with Crippen LogP contribution in [0.2, 0.25) is 0 Å². The Bertz CT molecular complexity index is 714. The highest BCUT2D eigenvalue weighted by Crippen LogP contribution is 2.42. The van der Waals surface area contributed by atoms with Crippen LogP contribution in [0.15, 0.2) is 12.1 Å². The van der Waals surface area contributed by atoms with Gasteiger partial charge >= 0.3 is 0 Å². The molecule has 1 aromatic carbocycles. The van der Waals surface area contributed by atoms with Gasteiger partial charge in [0.05, 0.1) is 5.52 Å². The van der Waals surface area contributed by atoms with Crippen molar-refractivity contribution in [3.05, 3.63) is 28.5 Å². The number of halogens is 2. The Balaban J connectivity index is 2.16. The zero-order valence-electron chi connectivity index (χ0n) is 11.7. The van der Waals surface area contributed by atoms with Gasteiger partial charge in [-0.25, -0.2) is 8.78 Å². The lowest BCUT2D eigenvalue weighted by Crippen LogP contribution is -2.25. The predicted octanol–water partition coefficient (Wildman–Crippen LogP) is 5.12. The second kappa shape index (κ2) is 4.65. The molecular weight excluding hydrogens is 278 g/mol. The van der Waals surface area contributed by atoms with Crippen LogP contribution in [0, 0.1) is 21.8 Å². The smallest absolute Gasteiger partial charge is 0.178 e. The van der Waals surface area contributed by atoms with Crippen LogP contribution in [0.1, 0.15) is 45.6 Å². The van der Waals surface area contributed by atoms with E-state index >= 15 is 0 Å². The lowest BCUT2D eigenvalue weighted by Gasteiger charge is -2.36. The van der Waals surface area contributed by atoms with Crippen LogP contribution < -0.4 is 0 Å². The van der Waals surface area contributed by atoms with Crippen molar-refractivity contribution in [3.63, 3.8) is 0 Å². The summed E-state index contributed by atoms with van der Waals surface area (Å²) in [4.78, 5) is 2.88. The van der Waals surface area contributed by atoms with Gasteiger partial charge < -0.3 is 9.55 Å². The van der Waals surface area contributed by atoms with Crippen LogP contribution in [0.4, 0.5) is 8.78 Å². The van der Waals surface area contributed by atoms with Crippen molar-refractivity contribution < 1.29 is 8.78 Å². The molecule has 1 heterocycles. The first-order valence-corrected chi connectivity index (χ1v) is 7.37. The molecule has 0 aliphatic heterocycles. The maximum Gasteiger partial charge on any atom is 0.178 e. The van der Waals surface area contributed by atoms with Gasteiger partial charge in [-0.05, 0) is 43.0 Å². The molecule has 1 fully saturated rings. The molecule has 1 aliphatic carbocycles. The van der Waals surface area contributed by atoms with Gasteiger partial charge in [0.25, 0.3) is 0 Å². The fraction of sp³-hybridized carbons (Fsp3) is 0.533. The Morgan fingerprint density at radius 1 is 1.35 bits per heavy atom. The standard InChI is InChI=1S/C15H18F2N2S/c1-15(2)5-3-4-10(8-15)19-12-7-9(16)6-11(17)13(12)18-14(19)20/h6-7,10H,3-5,8H2,1-2H3,(H,18,20). The second-order valence-electron chi connectivity index (χ2n) is 6.50. The molecule has 1 atom stereocenters. The summed E-state index contributed by atoms with van der Waals surface area (Å²) >= 11 is 5.33. The van der Waals surface area contributed by atoms with E-state index in [4.69, 9.17) is 12.2 Å². The number of hydrogen-bond acceptors (Lipinski definition) is 1. The van der Waals surface area contributed by atoms with Crippen molar-refractivity contribution in [2.24, 2.45) is 5.41 Å². The quantitative estimate of drug-likeness (QED) is 0.724. The Kier molecular flexibility index (Phi) is 3.20. The number of H-pyrrole nitrogens is 1. The Morgan fingerprint density at radius 3 is 2.80 bits per heavy atom. The average Bonchev–Trinajstić information content (AvgIpc) is 2.64. The highest BCUT2D eigenvalue weighted by atomic mass is 32.1. The number of nitrogens with zero attached hydrogens (tertiary/aromatic N) is 1. The molecule has 1 aliphatic rings. The third kappa shape index (κ3) is 2.28. The average molecular weight is 296 g/mol. The minimum absolute atomic E-state index is 0.209. The summed E-state index contributed by atoms with van der Waals surface area (Å²) in [6.45, 7) is 4.47. The summed E-state index contributed by atoms with van der Waals surface area (Å²) in [6, 6.07) is 2.47. The maximum absolute atomic E-state index is 13.8. The van der Waals surface area contributed by atoms with Crippen LogP contribution in [0.25, 0.3) is 11.0 Å². The molecule has 108 valence electrons. The minimum Gasteiger partial charge on any atom is -0.328 e. The maximum atomic E-state index is 13.8. The topological polar surface area (TPSA) is 20.7 Å². The van der Waals surface area contributed by atoms with Crippen LogP contribution in [-0.2, 0) is 0 Å². The lowest BCUT2D eigenvalue weighted by atomic mass is 9.75. The number of aromatic amines is 1. The highest BCUT2D eigenvalue weighted by Gasteiger charge is 2.30. The number of aromatic nitrogens is 2. The molecule has 1 saturated carbocycles. The Hall–Kier alpha value is -1.23. The first kappa shape index (κ1) is 13.7.